The standard InChI is InChI=1S/C13H17N3O2/c17-11-10-15-6-8-16(9-7-15)13(18)14-12-4-2-1-3-5-12/h1-5,11H,6-10H2,(H,14,18). The smallest absolute Gasteiger partial charge is 0.321 e. The molecule has 0 bridgehead atoms. The summed E-state index contributed by atoms with van der Waals surface area (Å²) in [5, 5.41) is 2.86. The summed E-state index contributed by atoms with van der Waals surface area (Å²) < 4.78 is 0. The third-order valence-electron chi connectivity index (χ3n) is 3.02. The molecule has 1 N–H and O–H groups in total. The maximum atomic E-state index is 12.0. The molecule has 1 fully saturated rings. The Hall–Kier alpha value is -1.88. The number of nitrogens with zero attached hydrogens (tertiary/aromatic N) is 2. The summed E-state index contributed by atoms with van der Waals surface area (Å²) in [5.74, 6) is 0. The van der Waals surface area contributed by atoms with Gasteiger partial charge in [-0.25, -0.2) is 4.79 Å². The quantitative estimate of drug-likeness (QED) is 0.812. The first-order chi connectivity index (χ1) is 8.79. The van der Waals surface area contributed by atoms with Gasteiger partial charge in [0, 0.05) is 31.9 Å². The molecular formula is C13H17N3O2. The van der Waals surface area contributed by atoms with Crippen LogP contribution in [0.1, 0.15) is 0 Å². The number of aldehydes is 1. The summed E-state index contributed by atoms with van der Waals surface area (Å²) in [4.78, 5) is 26.2. The summed E-state index contributed by atoms with van der Waals surface area (Å²) in [6, 6.07) is 9.33. The molecule has 1 aromatic rings. The molecule has 5 nitrogen and oxygen atoms in total. The number of amides is 2. The van der Waals surface area contributed by atoms with Crippen molar-refractivity contribution < 1.29 is 9.59 Å². The molecule has 1 saturated heterocycles. The van der Waals surface area contributed by atoms with Crippen LogP contribution in [0.3, 0.4) is 0 Å². The molecule has 0 aromatic heterocycles. The minimum Gasteiger partial charge on any atom is -0.322 e. The van der Waals surface area contributed by atoms with Crippen molar-refractivity contribution in [2.45, 2.75) is 0 Å². The highest BCUT2D eigenvalue weighted by Crippen LogP contribution is 2.08. The van der Waals surface area contributed by atoms with Gasteiger partial charge in [0.25, 0.3) is 0 Å². The normalized spacial score (nSPS) is 16.3. The van der Waals surface area contributed by atoms with E-state index in [1.165, 1.54) is 0 Å². The van der Waals surface area contributed by atoms with E-state index >= 15 is 0 Å². The first kappa shape index (κ1) is 12.6. The Labute approximate surface area is 106 Å². The minimum absolute atomic E-state index is 0.0769. The molecule has 1 aromatic carbocycles. The van der Waals surface area contributed by atoms with E-state index in [9.17, 15) is 9.59 Å². The van der Waals surface area contributed by atoms with Crippen molar-refractivity contribution in [2.75, 3.05) is 38.0 Å². The minimum atomic E-state index is -0.0769. The summed E-state index contributed by atoms with van der Waals surface area (Å²) in [6.45, 7) is 3.27. The third-order valence-corrected chi connectivity index (χ3v) is 3.02. The van der Waals surface area contributed by atoms with Crippen LogP contribution in [0.25, 0.3) is 0 Å². The molecule has 2 amide bonds. The average Bonchev–Trinajstić information content (AvgIpc) is 2.41. The average molecular weight is 247 g/mol. The molecule has 1 heterocycles. The molecule has 0 radical (unpaired) electrons. The molecule has 5 heteroatoms. The van der Waals surface area contributed by atoms with Gasteiger partial charge in [0.2, 0.25) is 0 Å². The fourth-order valence-electron chi connectivity index (χ4n) is 1.96. The van der Waals surface area contributed by atoms with Gasteiger partial charge in [-0.3, -0.25) is 4.90 Å². The van der Waals surface area contributed by atoms with Gasteiger partial charge >= 0.3 is 6.03 Å². The molecule has 1 aliphatic heterocycles. The van der Waals surface area contributed by atoms with E-state index in [4.69, 9.17) is 0 Å². The van der Waals surface area contributed by atoms with Crippen molar-refractivity contribution in [3.8, 4) is 0 Å². The summed E-state index contributed by atoms with van der Waals surface area (Å²) in [7, 11) is 0. The van der Waals surface area contributed by atoms with Gasteiger partial charge < -0.3 is 15.0 Å². The predicted octanol–water partition coefficient (Wildman–Crippen LogP) is 1.03. The van der Waals surface area contributed by atoms with Crippen molar-refractivity contribution >= 4 is 18.0 Å². The molecule has 1 aliphatic rings. The van der Waals surface area contributed by atoms with E-state index in [2.05, 4.69) is 5.32 Å². The third kappa shape index (κ3) is 3.30. The number of anilines is 1. The van der Waals surface area contributed by atoms with Gasteiger partial charge in [-0.05, 0) is 12.1 Å². The van der Waals surface area contributed by atoms with E-state index in [-0.39, 0.29) is 6.03 Å². The van der Waals surface area contributed by atoms with E-state index < -0.39 is 0 Å². The number of para-hydroxylation sites is 1. The van der Waals surface area contributed by atoms with Crippen LogP contribution in [-0.2, 0) is 4.79 Å². The largest absolute Gasteiger partial charge is 0.322 e. The number of hydrogen-bond acceptors (Lipinski definition) is 3. The molecule has 96 valence electrons. The van der Waals surface area contributed by atoms with Gasteiger partial charge in [0.1, 0.15) is 6.29 Å². The van der Waals surface area contributed by atoms with Gasteiger partial charge in [-0.1, -0.05) is 18.2 Å². The lowest BCUT2D eigenvalue weighted by molar-refractivity contribution is -0.109. The van der Waals surface area contributed by atoms with Crippen LogP contribution in [0.2, 0.25) is 0 Å². The first-order valence-electron chi connectivity index (χ1n) is 6.06. The maximum Gasteiger partial charge on any atom is 0.321 e. The second-order valence-corrected chi connectivity index (χ2v) is 4.25. The summed E-state index contributed by atoms with van der Waals surface area (Å²) in [6.07, 6.45) is 0.902. The van der Waals surface area contributed by atoms with Crippen molar-refractivity contribution in [2.24, 2.45) is 0 Å². The monoisotopic (exact) mass is 247 g/mol. The van der Waals surface area contributed by atoms with Crippen LogP contribution in [0.4, 0.5) is 10.5 Å². The Kier molecular flexibility index (Phi) is 4.30. The van der Waals surface area contributed by atoms with E-state index in [1.54, 1.807) is 4.90 Å². The lowest BCUT2D eigenvalue weighted by Crippen LogP contribution is -2.50. The van der Waals surface area contributed by atoms with Crippen molar-refractivity contribution in [1.29, 1.82) is 0 Å². The molecule has 0 aliphatic carbocycles. The number of benzene rings is 1. The lowest BCUT2D eigenvalue weighted by Gasteiger charge is -2.33. The Bertz CT molecular complexity index is 400. The Morgan fingerprint density at radius 3 is 2.44 bits per heavy atom. The highest BCUT2D eigenvalue weighted by atomic mass is 16.2. The molecule has 0 saturated carbocycles. The number of hydrogen-bond donors (Lipinski definition) is 1. The SMILES string of the molecule is O=CCN1CCN(C(=O)Nc2ccccc2)CC1. The van der Waals surface area contributed by atoms with E-state index in [0.29, 0.717) is 19.6 Å². The number of rotatable bonds is 3. The van der Waals surface area contributed by atoms with Crippen molar-refractivity contribution in [3.63, 3.8) is 0 Å². The number of piperazine rings is 1. The number of carbonyl (C=O) groups excluding carboxylic acids is 2. The Balaban J connectivity index is 1.82. The zero-order chi connectivity index (χ0) is 12.8. The van der Waals surface area contributed by atoms with Crippen LogP contribution in [0, 0.1) is 0 Å². The second-order valence-electron chi connectivity index (χ2n) is 4.25. The number of nitrogens with one attached hydrogen (secondary N) is 1. The fraction of sp³-hybridized carbons (Fsp3) is 0.385. The van der Waals surface area contributed by atoms with Gasteiger partial charge in [-0.15, -0.1) is 0 Å². The van der Waals surface area contributed by atoms with Crippen LogP contribution in [0.5, 0.6) is 0 Å². The van der Waals surface area contributed by atoms with E-state index in [1.807, 2.05) is 35.2 Å². The summed E-state index contributed by atoms with van der Waals surface area (Å²) >= 11 is 0. The molecule has 2 rings (SSSR count). The van der Waals surface area contributed by atoms with Crippen molar-refractivity contribution in [3.05, 3.63) is 30.3 Å². The highest BCUT2D eigenvalue weighted by Gasteiger charge is 2.20. The number of carbonyl (C=O) groups is 2. The molecule has 18 heavy (non-hydrogen) atoms. The van der Waals surface area contributed by atoms with Crippen LogP contribution in [0.15, 0.2) is 30.3 Å². The molecule has 0 atom stereocenters. The van der Waals surface area contributed by atoms with E-state index in [0.717, 1.165) is 25.1 Å². The van der Waals surface area contributed by atoms with Crippen LogP contribution in [-0.4, -0.2) is 54.8 Å². The topological polar surface area (TPSA) is 52.7 Å². The molecule has 0 spiro atoms. The summed E-state index contributed by atoms with van der Waals surface area (Å²) in [5.41, 5.74) is 0.804. The van der Waals surface area contributed by atoms with Gasteiger partial charge in [0.15, 0.2) is 0 Å². The first-order valence-corrected chi connectivity index (χ1v) is 6.06. The zero-order valence-corrected chi connectivity index (χ0v) is 10.2. The second kappa shape index (κ2) is 6.16. The molecular weight excluding hydrogens is 230 g/mol. The van der Waals surface area contributed by atoms with Crippen LogP contribution < -0.4 is 5.32 Å². The van der Waals surface area contributed by atoms with Crippen LogP contribution >= 0.6 is 0 Å². The predicted molar refractivity (Wildman–Crippen MR) is 69.5 cm³/mol. The fourth-order valence-corrected chi connectivity index (χ4v) is 1.96. The molecule has 0 unspecified atom stereocenters. The van der Waals surface area contributed by atoms with Gasteiger partial charge in [0.05, 0.1) is 6.54 Å². The Morgan fingerprint density at radius 2 is 1.83 bits per heavy atom. The zero-order valence-electron chi connectivity index (χ0n) is 10.2. The van der Waals surface area contributed by atoms with Gasteiger partial charge in [-0.2, -0.15) is 0 Å². The maximum absolute atomic E-state index is 12.0. The lowest BCUT2D eigenvalue weighted by atomic mass is 10.3. The van der Waals surface area contributed by atoms with Crippen molar-refractivity contribution in [1.82, 2.24) is 9.80 Å². The Morgan fingerprint density at radius 1 is 1.17 bits per heavy atom. The number of urea groups is 1. The highest BCUT2D eigenvalue weighted by molar-refractivity contribution is 5.89.